The Balaban J connectivity index is 1.79. The van der Waals surface area contributed by atoms with Gasteiger partial charge in [-0.05, 0) is 31.0 Å². The molecule has 0 spiro atoms. The minimum absolute atomic E-state index is 0.173. The van der Waals surface area contributed by atoms with Crippen molar-refractivity contribution in [3.8, 4) is 0 Å². The summed E-state index contributed by atoms with van der Waals surface area (Å²) in [4.78, 5) is 25.7. The number of benzene rings is 1. The fraction of sp³-hybridized carbons (Fsp3) is 0.467. The van der Waals surface area contributed by atoms with Crippen LogP contribution in [0.4, 0.5) is 0 Å². The highest BCUT2D eigenvalue weighted by molar-refractivity contribution is 5.92. The van der Waals surface area contributed by atoms with Gasteiger partial charge in [-0.25, -0.2) is 9.59 Å². The lowest BCUT2D eigenvalue weighted by Crippen LogP contribution is -2.21. The summed E-state index contributed by atoms with van der Waals surface area (Å²) in [6.07, 6.45) is 4.90. The van der Waals surface area contributed by atoms with E-state index in [9.17, 15) is 9.59 Å². The summed E-state index contributed by atoms with van der Waals surface area (Å²) in [6.45, 7) is 0.896. The van der Waals surface area contributed by atoms with Gasteiger partial charge in [-0.15, -0.1) is 0 Å². The van der Waals surface area contributed by atoms with Crippen molar-refractivity contribution in [2.75, 3.05) is 6.61 Å². The second kappa shape index (κ2) is 5.73. The van der Waals surface area contributed by atoms with Gasteiger partial charge in [0.2, 0.25) is 0 Å². The van der Waals surface area contributed by atoms with Crippen LogP contribution in [0, 0.1) is 0 Å². The van der Waals surface area contributed by atoms with E-state index in [1.165, 1.54) is 29.5 Å². The van der Waals surface area contributed by atoms with Gasteiger partial charge in [0.15, 0.2) is 0 Å². The quantitative estimate of drug-likeness (QED) is 0.882. The highest BCUT2D eigenvalue weighted by Crippen LogP contribution is 2.21. The molecule has 1 aliphatic rings. The normalized spacial score (nSPS) is 15.8. The number of ether oxygens (including phenoxy) is 1. The van der Waals surface area contributed by atoms with Gasteiger partial charge >= 0.3 is 11.7 Å². The summed E-state index contributed by atoms with van der Waals surface area (Å²) in [7, 11) is 0. The van der Waals surface area contributed by atoms with Crippen LogP contribution in [0.15, 0.2) is 23.0 Å². The molecule has 1 heterocycles. The first kappa shape index (κ1) is 13.9. The van der Waals surface area contributed by atoms with E-state index >= 15 is 0 Å². The van der Waals surface area contributed by atoms with E-state index < -0.39 is 5.97 Å². The number of carboxylic acid groups (broad SMARTS) is 1. The van der Waals surface area contributed by atoms with Crippen LogP contribution in [0.2, 0.25) is 0 Å². The fourth-order valence-corrected chi connectivity index (χ4v) is 2.87. The van der Waals surface area contributed by atoms with Crippen LogP contribution in [-0.2, 0) is 11.3 Å². The predicted octanol–water partition coefficient (Wildman–Crippen LogP) is 1.99. The lowest BCUT2D eigenvalue weighted by molar-refractivity contribution is 0.0531. The molecule has 0 amide bonds. The Kier molecular flexibility index (Phi) is 3.79. The molecule has 1 aromatic carbocycles. The van der Waals surface area contributed by atoms with E-state index in [1.54, 1.807) is 6.07 Å². The molecule has 2 N–H and O–H groups in total. The molecule has 0 saturated heterocycles. The molecule has 1 fully saturated rings. The molecular weight excluding hydrogens is 272 g/mol. The second-order valence-electron chi connectivity index (χ2n) is 5.40. The van der Waals surface area contributed by atoms with Crippen molar-refractivity contribution in [2.45, 2.75) is 38.3 Å². The number of nitrogens with one attached hydrogen (secondary N) is 1. The van der Waals surface area contributed by atoms with Crippen LogP contribution in [0.25, 0.3) is 11.0 Å². The number of H-pyrrole nitrogens is 1. The Morgan fingerprint density at radius 3 is 2.86 bits per heavy atom. The zero-order chi connectivity index (χ0) is 14.8. The number of aromatic amines is 1. The first-order valence-electron chi connectivity index (χ1n) is 7.22. The number of carboxylic acids is 1. The number of hydrogen-bond donors (Lipinski definition) is 2. The summed E-state index contributed by atoms with van der Waals surface area (Å²) in [5, 5.41) is 9.04. The van der Waals surface area contributed by atoms with Crippen LogP contribution >= 0.6 is 0 Å². The average molecular weight is 290 g/mol. The summed E-state index contributed by atoms with van der Waals surface area (Å²) in [5.74, 6) is -1.00. The Morgan fingerprint density at radius 2 is 2.14 bits per heavy atom. The number of rotatable bonds is 5. The molecule has 0 unspecified atom stereocenters. The number of fused-ring (bicyclic) bond motifs is 1. The van der Waals surface area contributed by atoms with E-state index in [0.29, 0.717) is 30.3 Å². The van der Waals surface area contributed by atoms with E-state index in [0.717, 1.165) is 12.8 Å². The van der Waals surface area contributed by atoms with E-state index in [1.807, 2.05) is 0 Å². The van der Waals surface area contributed by atoms with Gasteiger partial charge in [-0.3, -0.25) is 4.57 Å². The number of hydrogen-bond acceptors (Lipinski definition) is 3. The van der Waals surface area contributed by atoms with Gasteiger partial charge in [0.1, 0.15) is 0 Å². The number of carbonyl (C=O) groups is 1. The third-order valence-corrected chi connectivity index (χ3v) is 3.99. The van der Waals surface area contributed by atoms with Crippen LogP contribution < -0.4 is 5.69 Å². The molecule has 1 aliphatic carbocycles. The number of nitrogens with zero attached hydrogens (tertiary/aromatic N) is 1. The van der Waals surface area contributed by atoms with Gasteiger partial charge in [0.05, 0.1) is 35.9 Å². The van der Waals surface area contributed by atoms with Gasteiger partial charge in [-0.2, -0.15) is 0 Å². The molecule has 3 rings (SSSR count). The maximum Gasteiger partial charge on any atom is 0.335 e. The van der Waals surface area contributed by atoms with Crippen molar-refractivity contribution < 1.29 is 14.6 Å². The maximum absolute atomic E-state index is 12.0. The Bertz CT molecular complexity index is 710. The fourth-order valence-electron chi connectivity index (χ4n) is 2.87. The third-order valence-electron chi connectivity index (χ3n) is 3.99. The molecule has 2 aromatic rings. The molecular formula is C15H18N2O4. The van der Waals surface area contributed by atoms with Gasteiger partial charge in [0.25, 0.3) is 0 Å². The first-order chi connectivity index (χ1) is 10.1. The third kappa shape index (κ3) is 2.85. The van der Waals surface area contributed by atoms with Gasteiger partial charge in [0, 0.05) is 0 Å². The Hall–Kier alpha value is -2.08. The zero-order valence-electron chi connectivity index (χ0n) is 11.7. The molecule has 0 atom stereocenters. The summed E-state index contributed by atoms with van der Waals surface area (Å²) in [5.41, 5.74) is 1.19. The van der Waals surface area contributed by atoms with Gasteiger partial charge < -0.3 is 14.8 Å². The van der Waals surface area contributed by atoms with Crippen molar-refractivity contribution in [1.29, 1.82) is 0 Å². The first-order valence-corrected chi connectivity index (χ1v) is 7.22. The SMILES string of the molecule is O=C(O)c1ccc2[nH]c(=O)n(CCOC3CCCC3)c2c1. The van der Waals surface area contributed by atoms with Crippen LogP contribution in [0.3, 0.4) is 0 Å². The standard InChI is InChI=1S/C15H18N2O4/c18-14(19)10-5-6-12-13(9-10)17(15(20)16-12)7-8-21-11-3-1-2-4-11/h5-6,9,11H,1-4,7-8H2,(H,16,20)(H,18,19). The van der Waals surface area contributed by atoms with Crippen LogP contribution in [-0.4, -0.2) is 33.3 Å². The smallest absolute Gasteiger partial charge is 0.335 e. The van der Waals surface area contributed by atoms with Crippen molar-refractivity contribution in [1.82, 2.24) is 9.55 Å². The molecule has 112 valence electrons. The molecule has 6 nitrogen and oxygen atoms in total. The Labute approximate surface area is 121 Å². The predicted molar refractivity (Wildman–Crippen MR) is 77.7 cm³/mol. The molecule has 1 aromatic heterocycles. The highest BCUT2D eigenvalue weighted by atomic mass is 16.5. The van der Waals surface area contributed by atoms with Crippen molar-refractivity contribution >= 4 is 17.0 Å². The molecule has 0 aliphatic heterocycles. The summed E-state index contributed by atoms with van der Waals surface area (Å²) in [6, 6.07) is 4.62. The van der Waals surface area contributed by atoms with E-state index in [-0.39, 0.29) is 11.3 Å². The Morgan fingerprint density at radius 1 is 1.38 bits per heavy atom. The van der Waals surface area contributed by atoms with Crippen LogP contribution in [0.1, 0.15) is 36.0 Å². The lowest BCUT2D eigenvalue weighted by atomic mass is 10.2. The largest absolute Gasteiger partial charge is 0.478 e. The monoisotopic (exact) mass is 290 g/mol. The number of imidazole rings is 1. The topological polar surface area (TPSA) is 84.3 Å². The van der Waals surface area contributed by atoms with Crippen molar-refractivity contribution in [3.05, 3.63) is 34.2 Å². The lowest BCUT2D eigenvalue weighted by Gasteiger charge is -2.11. The zero-order valence-corrected chi connectivity index (χ0v) is 11.7. The number of aromatic nitrogens is 2. The summed E-state index contributed by atoms with van der Waals surface area (Å²) < 4.78 is 7.31. The molecule has 0 bridgehead atoms. The van der Waals surface area contributed by atoms with E-state index in [2.05, 4.69) is 4.98 Å². The minimum atomic E-state index is -1.00. The van der Waals surface area contributed by atoms with Crippen molar-refractivity contribution in [2.24, 2.45) is 0 Å². The van der Waals surface area contributed by atoms with Crippen molar-refractivity contribution in [3.63, 3.8) is 0 Å². The summed E-state index contributed by atoms with van der Waals surface area (Å²) >= 11 is 0. The molecule has 0 radical (unpaired) electrons. The maximum atomic E-state index is 12.0. The van der Waals surface area contributed by atoms with E-state index in [4.69, 9.17) is 9.84 Å². The molecule has 21 heavy (non-hydrogen) atoms. The molecule has 1 saturated carbocycles. The average Bonchev–Trinajstić information content (AvgIpc) is 3.06. The number of aromatic carboxylic acids is 1. The minimum Gasteiger partial charge on any atom is -0.478 e. The second-order valence-corrected chi connectivity index (χ2v) is 5.40. The van der Waals surface area contributed by atoms with Gasteiger partial charge in [-0.1, -0.05) is 12.8 Å². The highest BCUT2D eigenvalue weighted by Gasteiger charge is 2.16. The molecule has 6 heteroatoms. The van der Waals surface area contributed by atoms with Crippen LogP contribution in [0.5, 0.6) is 0 Å².